The molecule has 0 saturated carbocycles. The summed E-state index contributed by atoms with van der Waals surface area (Å²) in [6, 6.07) is 9.56. The van der Waals surface area contributed by atoms with Crippen LogP contribution < -0.4 is 5.32 Å². The van der Waals surface area contributed by atoms with Gasteiger partial charge in [0.1, 0.15) is 0 Å². The van der Waals surface area contributed by atoms with Crippen LogP contribution >= 0.6 is 0 Å². The van der Waals surface area contributed by atoms with Crippen LogP contribution in [0, 0.1) is 0 Å². The topological polar surface area (TPSA) is 29.1 Å². The van der Waals surface area contributed by atoms with Gasteiger partial charge in [0.15, 0.2) is 0 Å². The highest BCUT2D eigenvalue weighted by Gasteiger charge is 2.83. The first-order valence-corrected chi connectivity index (χ1v) is 6.72. The summed E-state index contributed by atoms with van der Waals surface area (Å²) in [7, 11) is 0. The van der Waals surface area contributed by atoms with Gasteiger partial charge in [0.2, 0.25) is 0 Å². The molecule has 2 aromatic rings. The van der Waals surface area contributed by atoms with Gasteiger partial charge in [-0.2, -0.15) is 39.5 Å². The molecule has 0 aromatic heterocycles. The van der Waals surface area contributed by atoms with Crippen molar-refractivity contribution >= 4 is 22.4 Å². The number of carbonyl (C=O) groups excluding carboxylic acids is 1. The standard InChI is InChI=1S/C15H8F9NO/c16-12(17,13(18,19)14(20,21)15(22,23)24)11(26)25-10-6-5-8-3-1-2-4-9(8)7-10/h1-7H,(H,25,26). The van der Waals surface area contributed by atoms with Gasteiger partial charge < -0.3 is 5.32 Å². The summed E-state index contributed by atoms with van der Waals surface area (Å²) in [6.45, 7) is 0. The van der Waals surface area contributed by atoms with Crippen molar-refractivity contribution in [3.05, 3.63) is 42.5 Å². The molecule has 0 aliphatic carbocycles. The normalized spacial score (nSPS) is 13.7. The van der Waals surface area contributed by atoms with E-state index < -0.39 is 35.5 Å². The summed E-state index contributed by atoms with van der Waals surface area (Å²) in [6.07, 6.45) is -6.98. The van der Waals surface area contributed by atoms with Gasteiger partial charge in [0.05, 0.1) is 0 Å². The van der Waals surface area contributed by atoms with Crippen LogP contribution in [0.25, 0.3) is 10.8 Å². The van der Waals surface area contributed by atoms with E-state index >= 15 is 0 Å². The third kappa shape index (κ3) is 3.06. The number of anilines is 1. The average molecular weight is 389 g/mol. The number of hydrogen-bond donors (Lipinski definition) is 1. The molecule has 0 unspecified atom stereocenters. The molecule has 0 saturated heterocycles. The zero-order valence-corrected chi connectivity index (χ0v) is 12.4. The number of halogens is 9. The van der Waals surface area contributed by atoms with Crippen molar-refractivity contribution in [2.24, 2.45) is 0 Å². The van der Waals surface area contributed by atoms with Crippen molar-refractivity contribution < 1.29 is 44.3 Å². The summed E-state index contributed by atoms with van der Waals surface area (Å²) >= 11 is 0. The van der Waals surface area contributed by atoms with E-state index in [1.54, 1.807) is 12.1 Å². The summed E-state index contributed by atoms with van der Waals surface area (Å²) in [5, 5.41) is 2.19. The number of benzene rings is 2. The molecule has 0 aliphatic rings. The van der Waals surface area contributed by atoms with E-state index in [-0.39, 0.29) is 0 Å². The lowest BCUT2D eigenvalue weighted by Crippen LogP contribution is -2.64. The molecule has 0 aliphatic heterocycles. The first-order valence-electron chi connectivity index (χ1n) is 6.72. The lowest BCUT2D eigenvalue weighted by atomic mass is 10.0. The fourth-order valence-electron chi connectivity index (χ4n) is 1.99. The molecule has 0 radical (unpaired) electrons. The maximum absolute atomic E-state index is 13.5. The quantitative estimate of drug-likeness (QED) is 0.712. The van der Waals surface area contributed by atoms with Crippen molar-refractivity contribution in [3.8, 4) is 0 Å². The molecular formula is C15H8F9NO. The maximum atomic E-state index is 13.5. The minimum Gasteiger partial charge on any atom is -0.321 e. The van der Waals surface area contributed by atoms with Crippen LogP contribution in [0.3, 0.4) is 0 Å². The first kappa shape index (κ1) is 19.9. The highest BCUT2D eigenvalue weighted by atomic mass is 19.4. The molecule has 0 fully saturated rings. The van der Waals surface area contributed by atoms with Gasteiger partial charge in [-0.15, -0.1) is 0 Å². The highest BCUT2D eigenvalue weighted by Crippen LogP contribution is 2.53. The average Bonchev–Trinajstić information content (AvgIpc) is 2.53. The fraction of sp³-hybridized carbons (Fsp3) is 0.267. The molecular weight excluding hydrogens is 381 g/mol. The van der Waals surface area contributed by atoms with Gasteiger partial charge in [0.25, 0.3) is 0 Å². The molecule has 0 bridgehead atoms. The van der Waals surface area contributed by atoms with E-state index in [1.807, 2.05) is 0 Å². The van der Waals surface area contributed by atoms with Crippen LogP contribution in [0.5, 0.6) is 0 Å². The van der Waals surface area contributed by atoms with Gasteiger partial charge in [-0.1, -0.05) is 30.3 Å². The van der Waals surface area contributed by atoms with Crippen LogP contribution in [0.4, 0.5) is 45.2 Å². The largest absolute Gasteiger partial charge is 0.460 e. The van der Waals surface area contributed by atoms with Gasteiger partial charge >= 0.3 is 29.9 Å². The molecule has 142 valence electrons. The van der Waals surface area contributed by atoms with Crippen LogP contribution in [0.15, 0.2) is 42.5 Å². The molecule has 0 heterocycles. The number of alkyl halides is 9. The fourth-order valence-corrected chi connectivity index (χ4v) is 1.99. The molecule has 2 nitrogen and oxygen atoms in total. The van der Waals surface area contributed by atoms with Gasteiger partial charge in [-0.25, -0.2) is 0 Å². The van der Waals surface area contributed by atoms with E-state index in [9.17, 15) is 44.3 Å². The minimum absolute atomic E-state index is 0.376. The van der Waals surface area contributed by atoms with Crippen LogP contribution in [0.2, 0.25) is 0 Å². The zero-order chi connectivity index (χ0) is 20.0. The van der Waals surface area contributed by atoms with Crippen molar-refractivity contribution in [1.82, 2.24) is 0 Å². The Kier molecular flexibility index (Phi) is 4.63. The summed E-state index contributed by atoms with van der Waals surface area (Å²) in [4.78, 5) is 11.3. The number of hydrogen-bond acceptors (Lipinski definition) is 1. The van der Waals surface area contributed by atoms with E-state index in [0.29, 0.717) is 10.8 Å². The Morgan fingerprint density at radius 1 is 0.731 bits per heavy atom. The zero-order valence-electron chi connectivity index (χ0n) is 12.4. The highest BCUT2D eigenvalue weighted by molar-refractivity contribution is 5.99. The Morgan fingerprint density at radius 2 is 1.27 bits per heavy atom. The molecule has 0 spiro atoms. The predicted molar refractivity (Wildman–Crippen MR) is 73.5 cm³/mol. The monoisotopic (exact) mass is 389 g/mol. The van der Waals surface area contributed by atoms with Gasteiger partial charge in [-0.05, 0) is 22.9 Å². The Bertz CT molecular complexity index is 829. The number of rotatable bonds is 4. The molecule has 1 amide bonds. The smallest absolute Gasteiger partial charge is 0.321 e. The lowest BCUT2D eigenvalue weighted by molar-refractivity contribution is -0.388. The van der Waals surface area contributed by atoms with Crippen molar-refractivity contribution in [2.45, 2.75) is 23.9 Å². The van der Waals surface area contributed by atoms with Crippen molar-refractivity contribution in [1.29, 1.82) is 0 Å². The molecule has 0 atom stereocenters. The number of carbonyl (C=O) groups is 1. The second-order valence-corrected chi connectivity index (χ2v) is 5.24. The lowest BCUT2D eigenvalue weighted by Gasteiger charge is -2.32. The third-order valence-electron chi connectivity index (χ3n) is 3.44. The van der Waals surface area contributed by atoms with E-state index in [2.05, 4.69) is 0 Å². The molecule has 26 heavy (non-hydrogen) atoms. The van der Waals surface area contributed by atoms with E-state index in [0.717, 1.165) is 12.1 Å². The summed E-state index contributed by atoms with van der Waals surface area (Å²) in [5.74, 6) is -23.5. The van der Waals surface area contributed by atoms with Gasteiger partial charge in [0, 0.05) is 5.69 Å². The SMILES string of the molecule is O=C(Nc1ccc2ccccc2c1)C(F)(F)C(F)(F)C(F)(F)C(F)(F)F. The van der Waals surface area contributed by atoms with Crippen LogP contribution in [-0.4, -0.2) is 29.9 Å². The van der Waals surface area contributed by atoms with Crippen LogP contribution in [0.1, 0.15) is 0 Å². The third-order valence-corrected chi connectivity index (χ3v) is 3.44. The minimum atomic E-state index is -7.12. The second-order valence-electron chi connectivity index (χ2n) is 5.24. The molecule has 2 aromatic carbocycles. The van der Waals surface area contributed by atoms with Crippen molar-refractivity contribution in [2.75, 3.05) is 5.32 Å². The molecule has 2 rings (SSSR count). The second kappa shape index (κ2) is 6.06. The summed E-state index contributed by atoms with van der Waals surface area (Å²) < 4.78 is 115. The number of fused-ring (bicyclic) bond motifs is 1. The van der Waals surface area contributed by atoms with Gasteiger partial charge in [-0.3, -0.25) is 4.79 Å². The molecule has 1 N–H and O–H groups in total. The predicted octanol–water partition coefficient (Wildman–Crippen LogP) is 5.25. The van der Waals surface area contributed by atoms with Crippen LogP contribution in [-0.2, 0) is 4.79 Å². The number of amides is 1. The first-order chi connectivity index (χ1) is 11.7. The summed E-state index contributed by atoms with van der Waals surface area (Å²) in [5.41, 5.74) is -0.487. The Labute approximate surface area is 139 Å². The Morgan fingerprint density at radius 3 is 1.81 bits per heavy atom. The number of nitrogens with one attached hydrogen (secondary N) is 1. The Hall–Kier alpha value is -2.46. The van der Waals surface area contributed by atoms with Crippen molar-refractivity contribution in [3.63, 3.8) is 0 Å². The maximum Gasteiger partial charge on any atom is 0.460 e. The van der Waals surface area contributed by atoms with E-state index in [1.165, 1.54) is 23.5 Å². The Balaban J connectivity index is 2.33. The van der Waals surface area contributed by atoms with E-state index in [4.69, 9.17) is 0 Å². The molecule has 11 heteroatoms.